The molecule has 0 N–H and O–H groups in total. The highest BCUT2D eigenvalue weighted by molar-refractivity contribution is 6.30. The van der Waals surface area contributed by atoms with Gasteiger partial charge >= 0.3 is 0 Å². The summed E-state index contributed by atoms with van der Waals surface area (Å²) in [6, 6.07) is 7.92. The van der Waals surface area contributed by atoms with Gasteiger partial charge in [-0.3, -0.25) is 4.79 Å². The van der Waals surface area contributed by atoms with Gasteiger partial charge in [0.05, 0.1) is 0 Å². The summed E-state index contributed by atoms with van der Waals surface area (Å²) in [6.45, 7) is 1.74. The first-order chi connectivity index (χ1) is 6.77. The molecule has 3 heteroatoms. The van der Waals surface area contributed by atoms with Crippen LogP contribution in [0.5, 0.6) is 0 Å². The number of rotatable bonds is 1. The van der Waals surface area contributed by atoms with Crippen molar-refractivity contribution in [1.29, 1.82) is 0 Å². The molecule has 0 unspecified atom stereocenters. The van der Waals surface area contributed by atoms with Crippen molar-refractivity contribution in [2.45, 2.75) is 12.8 Å². The molecule has 1 saturated heterocycles. The molecule has 1 fully saturated rings. The quantitative estimate of drug-likeness (QED) is 0.694. The third-order valence-corrected chi connectivity index (χ3v) is 2.62. The summed E-state index contributed by atoms with van der Waals surface area (Å²) in [6.07, 6.45) is 2.22. The average molecular weight is 209 g/mol. The molecule has 2 nitrogen and oxygen atoms in total. The van der Waals surface area contributed by atoms with E-state index in [1.54, 1.807) is 18.2 Å². The Morgan fingerprint density at radius 1 is 1.43 bits per heavy atom. The smallest absolute Gasteiger partial charge is 0.253 e. The maximum Gasteiger partial charge on any atom is 0.253 e. The lowest BCUT2D eigenvalue weighted by Gasteiger charge is -2.14. The Bertz CT molecular complexity index is 345. The number of likely N-dealkylation sites (tertiary alicyclic amines) is 1. The van der Waals surface area contributed by atoms with Crippen LogP contribution in [0.1, 0.15) is 23.2 Å². The lowest BCUT2D eigenvalue weighted by atomic mass is 10.2. The van der Waals surface area contributed by atoms with Crippen LogP contribution in [0.4, 0.5) is 0 Å². The summed E-state index contributed by atoms with van der Waals surface area (Å²) >= 11 is 5.77. The first-order valence-corrected chi connectivity index (χ1v) is 5.12. The normalized spacial score (nSPS) is 15.9. The van der Waals surface area contributed by atoms with Crippen molar-refractivity contribution in [3.63, 3.8) is 0 Å². The molecule has 1 aromatic rings. The van der Waals surface area contributed by atoms with Gasteiger partial charge in [0.1, 0.15) is 0 Å². The van der Waals surface area contributed by atoms with Gasteiger partial charge in [0.15, 0.2) is 0 Å². The predicted octanol–water partition coefficient (Wildman–Crippen LogP) is 2.38. The maximum atomic E-state index is 11.9. The second kappa shape index (κ2) is 4.01. The van der Waals surface area contributed by atoms with E-state index in [0.717, 1.165) is 25.9 Å². The Morgan fingerprint density at radius 3 is 2.79 bits per heavy atom. The fourth-order valence-electron chi connectivity index (χ4n) is 1.67. The van der Waals surface area contributed by atoms with Gasteiger partial charge in [-0.05, 0) is 25.0 Å². The molecule has 1 radical (unpaired) electrons. The van der Waals surface area contributed by atoms with Crippen LogP contribution in [-0.4, -0.2) is 23.9 Å². The molecule has 0 aliphatic carbocycles. The van der Waals surface area contributed by atoms with E-state index in [0.29, 0.717) is 10.6 Å². The van der Waals surface area contributed by atoms with E-state index in [2.05, 4.69) is 6.07 Å². The van der Waals surface area contributed by atoms with Crippen molar-refractivity contribution in [2.75, 3.05) is 13.1 Å². The predicted molar refractivity (Wildman–Crippen MR) is 55.4 cm³/mol. The zero-order valence-electron chi connectivity index (χ0n) is 7.79. The number of hydrogen-bond donors (Lipinski definition) is 0. The highest BCUT2D eigenvalue weighted by Gasteiger charge is 2.19. The first-order valence-electron chi connectivity index (χ1n) is 4.74. The summed E-state index contributed by atoms with van der Waals surface area (Å²) in [7, 11) is 0. The Morgan fingerprint density at radius 2 is 2.14 bits per heavy atom. The summed E-state index contributed by atoms with van der Waals surface area (Å²) in [4.78, 5) is 13.7. The molecule has 2 rings (SSSR count). The van der Waals surface area contributed by atoms with Crippen LogP contribution in [0.2, 0.25) is 5.02 Å². The number of halogens is 1. The molecular formula is C11H11ClNO. The Balaban J connectivity index is 2.17. The van der Waals surface area contributed by atoms with E-state index in [4.69, 9.17) is 11.6 Å². The lowest BCUT2D eigenvalue weighted by Crippen LogP contribution is -2.27. The van der Waals surface area contributed by atoms with Gasteiger partial charge in [-0.25, -0.2) is 0 Å². The summed E-state index contributed by atoms with van der Waals surface area (Å²) in [5.41, 5.74) is 0.663. The van der Waals surface area contributed by atoms with Gasteiger partial charge < -0.3 is 4.90 Å². The number of carbonyl (C=O) groups excluding carboxylic acids is 1. The Labute approximate surface area is 88.5 Å². The molecule has 1 aliphatic heterocycles. The monoisotopic (exact) mass is 208 g/mol. The molecule has 0 aromatic heterocycles. The largest absolute Gasteiger partial charge is 0.339 e. The molecule has 0 atom stereocenters. The van der Waals surface area contributed by atoms with Crippen molar-refractivity contribution in [3.8, 4) is 0 Å². The molecule has 1 aliphatic rings. The second-order valence-corrected chi connectivity index (χ2v) is 3.83. The molecular weight excluding hydrogens is 198 g/mol. The van der Waals surface area contributed by atoms with E-state index in [-0.39, 0.29) is 5.91 Å². The van der Waals surface area contributed by atoms with E-state index >= 15 is 0 Å². The molecule has 0 bridgehead atoms. The molecule has 0 saturated carbocycles. The van der Waals surface area contributed by atoms with E-state index in [1.807, 2.05) is 4.90 Å². The number of benzene rings is 1. The Hall–Kier alpha value is -1.02. The third-order valence-electron chi connectivity index (χ3n) is 2.41. The van der Waals surface area contributed by atoms with Crippen molar-refractivity contribution in [3.05, 3.63) is 34.9 Å². The van der Waals surface area contributed by atoms with Crippen LogP contribution in [0.3, 0.4) is 0 Å². The number of carbonyl (C=O) groups is 1. The standard InChI is InChI=1S/C11H11ClNO/c12-10-5-3-4-9(8-10)11(14)13-6-1-2-7-13/h3-4,8H,1-2,6-7H2. The number of hydrogen-bond acceptors (Lipinski definition) is 1. The Kier molecular flexibility index (Phi) is 2.73. The van der Waals surface area contributed by atoms with E-state index in [9.17, 15) is 4.79 Å². The van der Waals surface area contributed by atoms with Gasteiger partial charge in [0.2, 0.25) is 0 Å². The molecule has 73 valence electrons. The minimum Gasteiger partial charge on any atom is -0.339 e. The highest BCUT2D eigenvalue weighted by atomic mass is 35.5. The summed E-state index contributed by atoms with van der Waals surface area (Å²) < 4.78 is 0. The minimum atomic E-state index is 0.0819. The summed E-state index contributed by atoms with van der Waals surface area (Å²) in [5, 5.41) is 0.495. The van der Waals surface area contributed by atoms with Crippen LogP contribution in [-0.2, 0) is 0 Å². The zero-order chi connectivity index (χ0) is 9.97. The van der Waals surface area contributed by atoms with Crippen LogP contribution in [0.25, 0.3) is 0 Å². The van der Waals surface area contributed by atoms with Crippen molar-refractivity contribution < 1.29 is 4.79 Å². The fourth-order valence-corrected chi connectivity index (χ4v) is 1.85. The first kappa shape index (κ1) is 9.53. The third kappa shape index (κ3) is 1.90. The van der Waals surface area contributed by atoms with Gasteiger partial charge in [-0.2, -0.15) is 0 Å². The molecule has 1 heterocycles. The average Bonchev–Trinajstić information content (AvgIpc) is 2.69. The van der Waals surface area contributed by atoms with Gasteiger partial charge in [-0.1, -0.05) is 17.7 Å². The van der Waals surface area contributed by atoms with Gasteiger partial charge in [0, 0.05) is 29.7 Å². The lowest BCUT2D eigenvalue weighted by molar-refractivity contribution is 0.0793. The summed E-state index contributed by atoms with van der Waals surface area (Å²) in [5.74, 6) is 0.0819. The van der Waals surface area contributed by atoms with Crippen LogP contribution in [0, 0.1) is 6.07 Å². The topological polar surface area (TPSA) is 20.3 Å². The minimum absolute atomic E-state index is 0.0819. The van der Waals surface area contributed by atoms with Crippen LogP contribution in [0.15, 0.2) is 18.2 Å². The fraction of sp³-hybridized carbons (Fsp3) is 0.364. The molecule has 1 aromatic carbocycles. The molecule has 1 amide bonds. The van der Waals surface area contributed by atoms with Gasteiger partial charge in [-0.15, -0.1) is 0 Å². The van der Waals surface area contributed by atoms with E-state index in [1.165, 1.54) is 0 Å². The molecule has 14 heavy (non-hydrogen) atoms. The van der Waals surface area contributed by atoms with Crippen molar-refractivity contribution >= 4 is 17.5 Å². The number of nitrogens with zero attached hydrogens (tertiary/aromatic N) is 1. The number of amides is 1. The molecule has 0 spiro atoms. The maximum absolute atomic E-state index is 11.9. The van der Waals surface area contributed by atoms with Crippen LogP contribution >= 0.6 is 11.6 Å². The van der Waals surface area contributed by atoms with E-state index < -0.39 is 0 Å². The SMILES string of the molecule is O=C(c1cc[c]c(Cl)c1)N1CCCC1. The zero-order valence-corrected chi connectivity index (χ0v) is 8.55. The van der Waals surface area contributed by atoms with Crippen molar-refractivity contribution in [2.24, 2.45) is 0 Å². The van der Waals surface area contributed by atoms with Crippen molar-refractivity contribution in [1.82, 2.24) is 4.90 Å². The second-order valence-electron chi connectivity index (χ2n) is 3.42. The van der Waals surface area contributed by atoms with Gasteiger partial charge in [0.25, 0.3) is 5.91 Å². The highest BCUT2D eigenvalue weighted by Crippen LogP contribution is 2.15. The van der Waals surface area contributed by atoms with Crippen LogP contribution < -0.4 is 0 Å².